The van der Waals surface area contributed by atoms with E-state index in [9.17, 15) is 4.79 Å². The second-order valence-corrected chi connectivity index (χ2v) is 4.85. The molecule has 4 heteroatoms. The van der Waals surface area contributed by atoms with Gasteiger partial charge in [0.2, 0.25) is 5.91 Å². The Hall–Kier alpha value is -1.81. The summed E-state index contributed by atoms with van der Waals surface area (Å²) in [7, 11) is 0. The SMILES string of the molecule is O=C1Nc2cccnc2SC1c1ccccc1. The van der Waals surface area contributed by atoms with E-state index < -0.39 is 0 Å². The first-order valence-electron chi connectivity index (χ1n) is 5.32. The Balaban J connectivity index is 1.98. The molecule has 1 aliphatic heterocycles. The maximum Gasteiger partial charge on any atom is 0.242 e. The highest BCUT2D eigenvalue weighted by molar-refractivity contribution is 8.00. The van der Waals surface area contributed by atoms with Gasteiger partial charge >= 0.3 is 0 Å². The number of anilines is 1. The summed E-state index contributed by atoms with van der Waals surface area (Å²) in [5.41, 5.74) is 1.81. The van der Waals surface area contributed by atoms with Crippen LogP contribution in [0.5, 0.6) is 0 Å². The average molecular weight is 242 g/mol. The molecule has 0 saturated heterocycles. The second-order valence-electron chi connectivity index (χ2n) is 3.75. The van der Waals surface area contributed by atoms with Gasteiger partial charge in [-0.25, -0.2) is 4.98 Å². The van der Waals surface area contributed by atoms with Gasteiger partial charge in [-0.3, -0.25) is 4.79 Å². The highest BCUT2D eigenvalue weighted by Crippen LogP contribution is 2.41. The minimum absolute atomic E-state index is 0.0155. The van der Waals surface area contributed by atoms with Crippen molar-refractivity contribution in [3.05, 3.63) is 54.2 Å². The lowest BCUT2D eigenvalue weighted by Crippen LogP contribution is -2.23. The summed E-state index contributed by atoms with van der Waals surface area (Å²) in [5, 5.41) is 3.55. The van der Waals surface area contributed by atoms with Crippen LogP contribution in [0.1, 0.15) is 10.8 Å². The quantitative estimate of drug-likeness (QED) is 0.836. The molecule has 2 aromatic rings. The number of fused-ring (bicyclic) bond motifs is 1. The second kappa shape index (κ2) is 4.22. The number of hydrogen-bond donors (Lipinski definition) is 1. The van der Waals surface area contributed by atoms with Gasteiger partial charge in [0.1, 0.15) is 10.3 Å². The number of carbonyl (C=O) groups is 1. The van der Waals surface area contributed by atoms with E-state index in [1.165, 1.54) is 11.8 Å². The van der Waals surface area contributed by atoms with Crippen LogP contribution in [-0.4, -0.2) is 10.9 Å². The molecule has 1 unspecified atom stereocenters. The Labute approximate surface area is 103 Å². The van der Waals surface area contributed by atoms with Crippen LogP contribution in [0, 0.1) is 0 Å². The van der Waals surface area contributed by atoms with E-state index >= 15 is 0 Å². The largest absolute Gasteiger partial charge is 0.322 e. The van der Waals surface area contributed by atoms with Crippen molar-refractivity contribution in [1.82, 2.24) is 4.98 Å². The first-order chi connectivity index (χ1) is 8.34. The third-order valence-corrected chi connectivity index (χ3v) is 3.87. The summed E-state index contributed by atoms with van der Waals surface area (Å²) in [6.45, 7) is 0. The van der Waals surface area contributed by atoms with Gasteiger partial charge < -0.3 is 5.32 Å². The first-order valence-corrected chi connectivity index (χ1v) is 6.20. The molecule has 1 aliphatic rings. The van der Waals surface area contributed by atoms with Gasteiger partial charge in [-0.1, -0.05) is 42.1 Å². The Bertz CT molecular complexity index is 556. The van der Waals surface area contributed by atoms with Gasteiger partial charge in [0, 0.05) is 6.20 Å². The number of pyridine rings is 1. The Morgan fingerprint density at radius 2 is 1.94 bits per heavy atom. The zero-order valence-electron chi connectivity index (χ0n) is 8.96. The van der Waals surface area contributed by atoms with Crippen LogP contribution in [0.3, 0.4) is 0 Å². The van der Waals surface area contributed by atoms with E-state index in [1.807, 2.05) is 42.5 Å². The minimum atomic E-state index is -0.210. The zero-order valence-corrected chi connectivity index (χ0v) is 9.78. The molecule has 1 amide bonds. The van der Waals surface area contributed by atoms with E-state index in [0.29, 0.717) is 0 Å². The van der Waals surface area contributed by atoms with Crippen LogP contribution in [0.15, 0.2) is 53.7 Å². The maximum atomic E-state index is 12.0. The van der Waals surface area contributed by atoms with Gasteiger partial charge in [-0.05, 0) is 17.7 Å². The fourth-order valence-electron chi connectivity index (χ4n) is 1.79. The Morgan fingerprint density at radius 3 is 2.76 bits per heavy atom. The van der Waals surface area contributed by atoms with Crippen molar-refractivity contribution in [1.29, 1.82) is 0 Å². The van der Waals surface area contributed by atoms with Gasteiger partial charge in [0.25, 0.3) is 0 Å². The minimum Gasteiger partial charge on any atom is -0.322 e. The normalized spacial score (nSPS) is 18.4. The van der Waals surface area contributed by atoms with Crippen molar-refractivity contribution in [2.45, 2.75) is 10.3 Å². The summed E-state index contributed by atoms with van der Waals surface area (Å²) < 4.78 is 0. The van der Waals surface area contributed by atoms with E-state index in [0.717, 1.165) is 16.3 Å². The van der Waals surface area contributed by atoms with Crippen LogP contribution < -0.4 is 5.32 Å². The smallest absolute Gasteiger partial charge is 0.242 e. The number of thioether (sulfide) groups is 1. The van der Waals surface area contributed by atoms with Crippen LogP contribution in [0.2, 0.25) is 0 Å². The summed E-state index contributed by atoms with van der Waals surface area (Å²) in [5.74, 6) is 0.0155. The van der Waals surface area contributed by atoms with E-state index in [4.69, 9.17) is 0 Å². The van der Waals surface area contributed by atoms with E-state index in [2.05, 4.69) is 10.3 Å². The number of nitrogens with zero attached hydrogens (tertiary/aromatic N) is 1. The van der Waals surface area contributed by atoms with Crippen LogP contribution in [0.25, 0.3) is 0 Å². The monoisotopic (exact) mass is 242 g/mol. The van der Waals surface area contributed by atoms with Crippen LogP contribution in [0.4, 0.5) is 5.69 Å². The molecule has 0 bridgehead atoms. The van der Waals surface area contributed by atoms with Gasteiger partial charge in [-0.2, -0.15) is 0 Å². The molecule has 84 valence electrons. The van der Waals surface area contributed by atoms with E-state index in [1.54, 1.807) is 6.20 Å². The maximum absolute atomic E-state index is 12.0. The molecule has 0 aliphatic carbocycles. The number of nitrogens with one attached hydrogen (secondary N) is 1. The van der Waals surface area contributed by atoms with Crippen molar-refractivity contribution in [3.63, 3.8) is 0 Å². The molecule has 3 rings (SSSR count). The molecular weight excluding hydrogens is 232 g/mol. The number of benzene rings is 1. The first kappa shape index (κ1) is 10.4. The lowest BCUT2D eigenvalue weighted by atomic mass is 10.1. The lowest BCUT2D eigenvalue weighted by molar-refractivity contribution is -0.115. The molecule has 3 nitrogen and oxygen atoms in total. The summed E-state index contributed by atoms with van der Waals surface area (Å²) in [6.07, 6.45) is 1.74. The van der Waals surface area contributed by atoms with Crippen LogP contribution in [-0.2, 0) is 4.79 Å². The molecule has 0 fully saturated rings. The van der Waals surface area contributed by atoms with Crippen molar-refractivity contribution in [2.75, 3.05) is 5.32 Å². The van der Waals surface area contributed by atoms with E-state index in [-0.39, 0.29) is 11.2 Å². The van der Waals surface area contributed by atoms with Gasteiger partial charge in [0.15, 0.2) is 0 Å². The predicted molar refractivity (Wildman–Crippen MR) is 67.9 cm³/mol. The molecule has 1 aromatic carbocycles. The van der Waals surface area contributed by atoms with Crippen molar-refractivity contribution in [2.24, 2.45) is 0 Å². The van der Waals surface area contributed by atoms with Gasteiger partial charge in [-0.15, -0.1) is 0 Å². The molecule has 1 aromatic heterocycles. The summed E-state index contributed by atoms with van der Waals surface area (Å²) >= 11 is 1.50. The van der Waals surface area contributed by atoms with Crippen molar-refractivity contribution < 1.29 is 4.79 Å². The third-order valence-electron chi connectivity index (χ3n) is 2.60. The number of hydrogen-bond acceptors (Lipinski definition) is 3. The van der Waals surface area contributed by atoms with Crippen molar-refractivity contribution >= 4 is 23.4 Å². The number of aromatic nitrogens is 1. The Morgan fingerprint density at radius 1 is 1.12 bits per heavy atom. The molecule has 1 atom stereocenters. The molecule has 0 radical (unpaired) electrons. The number of rotatable bonds is 1. The predicted octanol–water partition coefficient (Wildman–Crippen LogP) is 2.87. The van der Waals surface area contributed by atoms with Gasteiger partial charge in [0.05, 0.1) is 5.69 Å². The zero-order chi connectivity index (χ0) is 11.7. The summed E-state index contributed by atoms with van der Waals surface area (Å²) in [4.78, 5) is 16.3. The molecule has 2 heterocycles. The fourth-order valence-corrected chi connectivity index (χ4v) is 2.84. The lowest BCUT2D eigenvalue weighted by Gasteiger charge is -2.23. The highest BCUT2D eigenvalue weighted by Gasteiger charge is 2.28. The number of amides is 1. The Kier molecular flexibility index (Phi) is 2.57. The molecule has 0 spiro atoms. The molecule has 1 N–H and O–H groups in total. The molecule has 17 heavy (non-hydrogen) atoms. The molecule has 0 saturated carbocycles. The average Bonchev–Trinajstić information content (AvgIpc) is 2.39. The molecular formula is C13H10N2OS. The standard InChI is InChI=1S/C13H10N2OS/c16-12-11(9-5-2-1-3-6-9)17-13-10(15-12)7-4-8-14-13/h1-8,11H,(H,15,16). The topological polar surface area (TPSA) is 42.0 Å². The highest BCUT2D eigenvalue weighted by atomic mass is 32.2. The van der Waals surface area contributed by atoms with Crippen molar-refractivity contribution in [3.8, 4) is 0 Å². The third kappa shape index (κ3) is 1.91. The van der Waals surface area contributed by atoms with Crippen LogP contribution >= 0.6 is 11.8 Å². The fraction of sp³-hybridized carbons (Fsp3) is 0.0769. The summed E-state index contributed by atoms with van der Waals surface area (Å²) in [6, 6.07) is 13.4. The number of carbonyl (C=O) groups excluding carboxylic acids is 1.